The highest BCUT2D eigenvalue weighted by molar-refractivity contribution is 5.93. The fraction of sp³-hybridized carbons (Fsp3) is 0.273. The van der Waals surface area contributed by atoms with Gasteiger partial charge < -0.3 is 9.47 Å². The smallest absolute Gasteiger partial charge is 0.416 e. The van der Waals surface area contributed by atoms with Gasteiger partial charge in [-0.25, -0.2) is 4.79 Å². The lowest BCUT2D eigenvalue weighted by Crippen LogP contribution is -2.14. The van der Waals surface area contributed by atoms with E-state index in [2.05, 4.69) is 0 Å². The first kappa shape index (κ1) is 22.2. The minimum atomic E-state index is -4.64. The van der Waals surface area contributed by atoms with E-state index >= 15 is 0 Å². The fourth-order valence-electron chi connectivity index (χ4n) is 2.38. The predicted molar refractivity (Wildman–Crippen MR) is 101 cm³/mol. The van der Waals surface area contributed by atoms with Crippen LogP contribution in [0, 0.1) is 0 Å². The molecule has 4 nitrogen and oxygen atoms in total. The predicted octanol–water partition coefficient (Wildman–Crippen LogP) is 5.71. The quantitative estimate of drug-likeness (QED) is 0.320. The van der Waals surface area contributed by atoms with Gasteiger partial charge in [0.15, 0.2) is 0 Å². The molecule has 2 aromatic rings. The Balaban J connectivity index is 2.18. The molecule has 0 fully saturated rings. The van der Waals surface area contributed by atoms with Crippen LogP contribution in [-0.4, -0.2) is 11.9 Å². The highest BCUT2D eigenvalue weighted by atomic mass is 19.4. The zero-order valence-electron chi connectivity index (χ0n) is 15.9. The monoisotopic (exact) mass is 406 g/mol. The van der Waals surface area contributed by atoms with Crippen LogP contribution in [0.1, 0.15) is 47.7 Å². The minimum Gasteiger partial charge on any atom is -0.457 e. The van der Waals surface area contributed by atoms with Crippen LogP contribution in [0.4, 0.5) is 13.2 Å². The molecular formula is C22H21F3O4. The maximum Gasteiger partial charge on any atom is 0.416 e. The van der Waals surface area contributed by atoms with Gasteiger partial charge in [-0.1, -0.05) is 55.8 Å². The average Bonchev–Trinajstić information content (AvgIpc) is 2.69. The van der Waals surface area contributed by atoms with Gasteiger partial charge in [-0.2, -0.15) is 13.2 Å². The molecule has 0 N–H and O–H groups in total. The second kappa shape index (κ2) is 10.5. The second-order valence-corrected chi connectivity index (χ2v) is 6.21. The Morgan fingerprint density at radius 1 is 1.03 bits per heavy atom. The number of unbranched alkanes of at least 4 members (excludes halogenated alkanes) is 1. The van der Waals surface area contributed by atoms with E-state index in [1.54, 1.807) is 42.5 Å². The maximum atomic E-state index is 13.0. The van der Waals surface area contributed by atoms with E-state index in [9.17, 15) is 22.8 Å². The molecule has 2 rings (SSSR count). The Hall–Kier alpha value is -3.09. The fourth-order valence-corrected chi connectivity index (χ4v) is 2.38. The number of benzene rings is 2. The van der Waals surface area contributed by atoms with Crippen LogP contribution in [0.5, 0.6) is 5.75 Å². The standard InChI is InChI=1S/C22H21F3O4/c1-2-3-4-8-11-20(26)29-19-14-17(22(23,24)25)12-13-18(19)21(27)28-15-16-9-6-5-7-10-16/h4-10,12-14H,2-3,11,15H2,1H3/b8-4-. The molecule has 0 radical (unpaired) electrons. The number of carbonyl (C=O) groups excluding carboxylic acids is 2. The van der Waals surface area contributed by atoms with Crippen LogP contribution < -0.4 is 4.74 Å². The van der Waals surface area contributed by atoms with Crippen molar-refractivity contribution in [2.45, 2.75) is 39.0 Å². The summed E-state index contributed by atoms with van der Waals surface area (Å²) in [5, 5.41) is 0. The van der Waals surface area contributed by atoms with Crippen molar-refractivity contribution < 1.29 is 32.2 Å². The highest BCUT2D eigenvalue weighted by Gasteiger charge is 2.32. The summed E-state index contributed by atoms with van der Waals surface area (Å²) in [6, 6.07) is 11.1. The third-order valence-electron chi connectivity index (χ3n) is 3.87. The molecule has 0 aliphatic heterocycles. The van der Waals surface area contributed by atoms with Crippen LogP contribution in [0.25, 0.3) is 0 Å². The molecule has 0 spiro atoms. The molecule has 29 heavy (non-hydrogen) atoms. The van der Waals surface area contributed by atoms with Crippen molar-refractivity contribution in [3.8, 4) is 5.75 Å². The number of halogens is 3. The lowest BCUT2D eigenvalue weighted by Gasteiger charge is -2.13. The third kappa shape index (κ3) is 7.10. The molecule has 0 aromatic heterocycles. The Labute approximate surface area is 166 Å². The van der Waals surface area contributed by atoms with Crippen molar-refractivity contribution in [3.63, 3.8) is 0 Å². The number of esters is 2. The summed E-state index contributed by atoms with van der Waals surface area (Å²) >= 11 is 0. The molecule has 0 heterocycles. The lowest BCUT2D eigenvalue weighted by atomic mass is 10.1. The van der Waals surface area contributed by atoms with Crippen molar-refractivity contribution in [2.24, 2.45) is 0 Å². The van der Waals surface area contributed by atoms with E-state index in [0.29, 0.717) is 11.6 Å². The number of hydrogen-bond donors (Lipinski definition) is 0. The molecule has 2 aromatic carbocycles. The number of rotatable bonds is 8. The molecule has 0 saturated carbocycles. The molecule has 0 aliphatic carbocycles. The average molecular weight is 406 g/mol. The van der Waals surface area contributed by atoms with Gasteiger partial charge in [-0.05, 0) is 30.2 Å². The Morgan fingerprint density at radius 3 is 2.41 bits per heavy atom. The largest absolute Gasteiger partial charge is 0.457 e. The number of hydrogen-bond acceptors (Lipinski definition) is 4. The molecular weight excluding hydrogens is 385 g/mol. The molecule has 154 valence electrons. The SMILES string of the molecule is CCC/C=C\CC(=O)Oc1cc(C(F)(F)F)ccc1C(=O)OCc1ccccc1. The lowest BCUT2D eigenvalue weighted by molar-refractivity contribution is -0.138. The van der Waals surface area contributed by atoms with Gasteiger partial charge >= 0.3 is 18.1 Å². The van der Waals surface area contributed by atoms with Gasteiger partial charge in [-0.3, -0.25) is 4.79 Å². The summed E-state index contributed by atoms with van der Waals surface area (Å²) in [4.78, 5) is 24.4. The summed E-state index contributed by atoms with van der Waals surface area (Å²) in [6.07, 6.45) is 0.267. The van der Waals surface area contributed by atoms with Crippen LogP contribution >= 0.6 is 0 Å². The maximum absolute atomic E-state index is 13.0. The number of ether oxygens (including phenoxy) is 2. The summed E-state index contributed by atoms with van der Waals surface area (Å²) in [7, 11) is 0. The Bertz CT molecular complexity index is 858. The zero-order chi connectivity index (χ0) is 21.3. The first-order valence-corrected chi connectivity index (χ1v) is 9.09. The van der Waals surface area contributed by atoms with Crippen molar-refractivity contribution in [1.29, 1.82) is 0 Å². The second-order valence-electron chi connectivity index (χ2n) is 6.21. The first-order chi connectivity index (χ1) is 13.8. The number of carbonyl (C=O) groups is 2. The van der Waals surface area contributed by atoms with Crippen LogP contribution in [0.15, 0.2) is 60.7 Å². The van der Waals surface area contributed by atoms with E-state index in [1.165, 1.54) is 0 Å². The molecule has 0 aliphatic rings. The highest BCUT2D eigenvalue weighted by Crippen LogP contribution is 2.33. The van der Waals surface area contributed by atoms with Crippen molar-refractivity contribution >= 4 is 11.9 Å². The molecule has 0 bridgehead atoms. The van der Waals surface area contributed by atoms with Gasteiger partial charge in [0.05, 0.1) is 12.0 Å². The molecule has 7 heteroatoms. The topological polar surface area (TPSA) is 52.6 Å². The molecule has 0 saturated heterocycles. The molecule has 0 unspecified atom stereocenters. The van der Waals surface area contributed by atoms with E-state index in [0.717, 1.165) is 25.0 Å². The summed E-state index contributed by atoms with van der Waals surface area (Å²) < 4.78 is 49.3. The third-order valence-corrected chi connectivity index (χ3v) is 3.87. The van der Waals surface area contributed by atoms with Crippen molar-refractivity contribution in [3.05, 3.63) is 77.4 Å². The zero-order valence-corrected chi connectivity index (χ0v) is 15.9. The molecule has 0 atom stereocenters. The van der Waals surface area contributed by atoms with Gasteiger partial charge in [0.2, 0.25) is 0 Å². The van der Waals surface area contributed by atoms with Gasteiger partial charge in [0.25, 0.3) is 0 Å². The van der Waals surface area contributed by atoms with E-state index < -0.39 is 29.4 Å². The van der Waals surface area contributed by atoms with E-state index in [4.69, 9.17) is 9.47 Å². The normalized spacial score (nSPS) is 11.4. The Morgan fingerprint density at radius 2 is 1.76 bits per heavy atom. The van der Waals surface area contributed by atoms with Gasteiger partial charge in [0.1, 0.15) is 17.9 Å². The first-order valence-electron chi connectivity index (χ1n) is 9.09. The van der Waals surface area contributed by atoms with Crippen LogP contribution in [0.2, 0.25) is 0 Å². The summed E-state index contributed by atoms with van der Waals surface area (Å²) in [5.41, 5.74) is -0.561. The summed E-state index contributed by atoms with van der Waals surface area (Å²) in [5.74, 6) is -2.13. The van der Waals surface area contributed by atoms with Crippen molar-refractivity contribution in [2.75, 3.05) is 0 Å². The summed E-state index contributed by atoms with van der Waals surface area (Å²) in [6.45, 7) is 1.91. The minimum absolute atomic E-state index is 0.0617. The number of alkyl halides is 3. The van der Waals surface area contributed by atoms with Gasteiger partial charge in [-0.15, -0.1) is 0 Å². The van der Waals surface area contributed by atoms with E-state index in [-0.39, 0.29) is 18.6 Å². The van der Waals surface area contributed by atoms with Crippen molar-refractivity contribution in [1.82, 2.24) is 0 Å². The molecule has 0 amide bonds. The van der Waals surface area contributed by atoms with Gasteiger partial charge in [0, 0.05) is 0 Å². The van der Waals surface area contributed by atoms with Crippen LogP contribution in [0.3, 0.4) is 0 Å². The van der Waals surface area contributed by atoms with Crippen LogP contribution in [-0.2, 0) is 22.3 Å². The van der Waals surface area contributed by atoms with E-state index in [1.807, 2.05) is 6.92 Å². The Kier molecular flexibility index (Phi) is 8.00. The number of allylic oxidation sites excluding steroid dienone is 1.